The van der Waals surface area contributed by atoms with Gasteiger partial charge in [-0.1, -0.05) is 11.8 Å². The molecule has 1 amide bonds. The van der Waals surface area contributed by atoms with Crippen molar-refractivity contribution in [2.24, 2.45) is 0 Å². The van der Waals surface area contributed by atoms with Crippen LogP contribution in [0.3, 0.4) is 0 Å². The Hall–Kier alpha value is -2.03. The molecule has 0 atom stereocenters. The molecule has 172 valence electrons. The highest BCUT2D eigenvalue weighted by molar-refractivity contribution is 5.76. The highest BCUT2D eigenvalue weighted by atomic mass is 16.5. The van der Waals surface area contributed by atoms with Gasteiger partial charge in [0.15, 0.2) is 0 Å². The Kier molecular flexibility index (Phi) is 8.97. The van der Waals surface area contributed by atoms with Crippen molar-refractivity contribution in [1.29, 1.82) is 0 Å². The third kappa shape index (κ3) is 9.33. The number of hydrogen-bond acceptors (Lipinski definition) is 4. The van der Waals surface area contributed by atoms with Crippen molar-refractivity contribution in [2.45, 2.75) is 90.6 Å². The van der Waals surface area contributed by atoms with E-state index in [2.05, 4.69) is 32.6 Å². The van der Waals surface area contributed by atoms with Crippen LogP contribution < -0.4 is 4.74 Å². The minimum Gasteiger partial charge on any atom is -0.490 e. The second kappa shape index (κ2) is 11.0. The second-order valence-electron chi connectivity index (χ2n) is 10.2. The summed E-state index contributed by atoms with van der Waals surface area (Å²) in [4.78, 5) is 13.9. The molecule has 0 aliphatic heterocycles. The number of hydrogen-bond donors (Lipinski definition) is 0. The van der Waals surface area contributed by atoms with E-state index in [9.17, 15) is 4.79 Å². The molecule has 0 saturated heterocycles. The Balaban J connectivity index is 1.61. The van der Waals surface area contributed by atoms with E-state index in [1.807, 2.05) is 52.1 Å². The minimum absolute atomic E-state index is 0.0972. The van der Waals surface area contributed by atoms with Gasteiger partial charge in [-0.3, -0.25) is 4.79 Å². The van der Waals surface area contributed by atoms with Crippen LogP contribution >= 0.6 is 0 Å². The molecule has 2 rings (SSSR count). The van der Waals surface area contributed by atoms with E-state index in [0.717, 1.165) is 24.2 Å². The average Bonchev–Trinajstić information content (AvgIpc) is 2.64. The van der Waals surface area contributed by atoms with Crippen LogP contribution in [0.25, 0.3) is 0 Å². The Morgan fingerprint density at radius 1 is 1.06 bits per heavy atom. The van der Waals surface area contributed by atoms with E-state index >= 15 is 0 Å². The number of carbonyl (C=O) groups is 1. The molecule has 31 heavy (non-hydrogen) atoms. The van der Waals surface area contributed by atoms with E-state index in [0.29, 0.717) is 32.2 Å². The van der Waals surface area contributed by atoms with Crippen molar-refractivity contribution in [3.63, 3.8) is 0 Å². The zero-order valence-corrected chi connectivity index (χ0v) is 20.3. The maximum absolute atomic E-state index is 12.1. The SMILES string of the molecule is CN(C(=O)CCCOCC#Cc1ccc(OC2CC(OC(C)(C)C)C2)cc1)C(C)(C)C. The first-order valence-electron chi connectivity index (χ1n) is 11.2. The molecule has 1 aliphatic carbocycles. The molecule has 1 aromatic carbocycles. The first-order valence-corrected chi connectivity index (χ1v) is 11.2. The van der Waals surface area contributed by atoms with E-state index in [1.54, 1.807) is 4.90 Å². The largest absolute Gasteiger partial charge is 0.490 e. The van der Waals surface area contributed by atoms with Crippen molar-refractivity contribution < 1.29 is 19.0 Å². The number of carbonyl (C=O) groups excluding carboxylic acids is 1. The monoisotopic (exact) mass is 429 g/mol. The third-order valence-electron chi connectivity index (χ3n) is 5.20. The Bertz CT molecular complexity index is 756. The smallest absolute Gasteiger partial charge is 0.222 e. The van der Waals surface area contributed by atoms with Crippen LogP contribution in [-0.2, 0) is 14.3 Å². The normalized spacial score (nSPS) is 18.5. The van der Waals surface area contributed by atoms with Gasteiger partial charge in [0.05, 0.1) is 11.7 Å². The summed E-state index contributed by atoms with van der Waals surface area (Å²) in [6, 6.07) is 7.84. The fourth-order valence-electron chi connectivity index (χ4n) is 3.15. The summed E-state index contributed by atoms with van der Waals surface area (Å²) in [5.74, 6) is 7.13. The van der Waals surface area contributed by atoms with Gasteiger partial charge in [0.2, 0.25) is 5.91 Å². The van der Waals surface area contributed by atoms with Crippen LogP contribution in [0.5, 0.6) is 5.75 Å². The summed E-state index contributed by atoms with van der Waals surface area (Å²) in [7, 11) is 1.84. The summed E-state index contributed by atoms with van der Waals surface area (Å²) >= 11 is 0. The summed E-state index contributed by atoms with van der Waals surface area (Å²) in [6.45, 7) is 13.2. The molecule has 5 nitrogen and oxygen atoms in total. The summed E-state index contributed by atoms with van der Waals surface area (Å²) < 4.78 is 17.5. The first kappa shape index (κ1) is 25.2. The summed E-state index contributed by atoms with van der Waals surface area (Å²) in [5, 5.41) is 0. The lowest BCUT2D eigenvalue weighted by atomic mass is 9.91. The molecular formula is C26H39NO4. The van der Waals surface area contributed by atoms with Crippen molar-refractivity contribution in [2.75, 3.05) is 20.3 Å². The molecule has 5 heteroatoms. The Morgan fingerprint density at radius 2 is 1.71 bits per heavy atom. The predicted molar refractivity (Wildman–Crippen MR) is 124 cm³/mol. The van der Waals surface area contributed by atoms with Gasteiger partial charge in [-0.25, -0.2) is 0 Å². The molecule has 0 aromatic heterocycles. The van der Waals surface area contributed by atoms with E-state index in [1.165, 1.54) is 0 Å². The lowest BCUT2D eigenvalue weighted by Crippen LogP contribution is -2.43. The molecule has 1 saturated carbocycles. The average molecular weight is 430 g/mol. The molecule has 0 unspecified atom stereocenters. The maximum Gasteiger partial charge on any atom is 0.222 e. The molecular weight excluding hydrogens is 390 g/mol. The number of nitrogens with zero attached hydrogens (tertiary/aromatic N) is 1. The van der Waals surface area contributed by atoms with Crippen LogP contribution in [-0.4, -0.2) is 54.4 Å². The predicted octanol–water partition coefficient (Wildman–Crippen LogP) is 4.82. The van der Waals surface area contributed by atoms with Gasteiger partial charge in [0.25, 0.3) is 0 Å². The zero-order valence-electron chi connectivity index (χ0n) is 20.3. The minimum atomic E-state index is -0.148. The van der Waals surface area contributed by atoms with Crippen molar-refractivity contribution in [3.8, 4) is 17.6 Å². The second-order valence-corrected chi connectivity index (χ2v) is 10.2. The van der Waals surface area contributed by atoms with E-state index in [4.69, 9.17) is 14.2 Å². The highest BCUT2D eigenvalue weighted by Gasteiger charge is 2.34. The molecule has 0 N–H and O–H groups in total. The van der Waals surface area contributed by atoms with Crippen molar-refractivity contribution in [1.82, 2.24) is 4.90 Å². The molecule has 0 radical (unpaired) electrons. The standard InChI is InChI=1S/C26H39NO4/c1-25(2,3)27(7)24(28)11-9-17-29-16-8-10-20-12-14-21(15-13-20)30-22-18-23(19-22)31-26(4,5)6/h12-15,22-23H,9,11,16-19H2,1-7H3. The molecule has 1 aliphatic rings. The quantitative estimate of drug-likeness (QED) is 0.439. The van der Waals surface area contributed by atoms with Crippen LogP contribution in [0.15, 0.2) is 24.3 Å². The third-order valence-corrected chi connectivity index (χ3v) is 5.20. The lowest BCUT2D eigenvalue weighted by molar-refractivity contribution is -0.134. The number of benzene rings is 1. The highest BCUT2D eigenvalue weighted by Crippen LogP contribution is 2.31. The van der Waals surface area contributed by atoms with Gasteiger partial charge in [0, 0.05) is 44.0 Å². The van der Waals surface area contributed by atoms with E-state index < -0.39 is 0 Å². The zero-order chi connectivity index (χ0) is 23.1. The van der Waals surface area contributed by atoms with Gasteiger partial charge in [-0.15, -0.1) is 0 Å². The molecule has 1 aromatic rings. The van der Waals surface area contributed by atoms with E-state index in [-0.39, 0.29) is 23.2 Å². The first-order chi connectivity index (χ1) is 14.4. The van der Waals surface area contributed by atoms with Gasteiger partial charge < -0.3 is 19.1 Å². The molecule has 0 heterocycles. The Morgan fingerprint density at radius 3 is 2.29 bits per heavy atom. The summed E-state index contributed by atoms with van der Waals surface area (Å²) in [5.41, 5.74) is 0.686. The van der Waals surface area contributed by atoms with Gasteiger partial charge in [-0.05, 0) is 72.2 Å². The maximum atomic E-state index is 12.1. The van der Waals surface area contributed by atoms with Gasteiger partial charge >= 0.3 is 0 Å². The number of ether oxygens (including phenoxy) is 3. The van der Waals surface area contributed by atoms with Crippen LogP contribution in [0.1, 0.15) is 72.8 Å². The summed E-state index contributed by atoms with van der Waals surface area (Å²) in [6.07, 6.45) is 3.60. The number of rotatable bonds is 8. The number of amides is 1. The van der Waals surface area contributed by atoms with Gasteiger partial charge in [-0.2, -0.15) is 0 Å². The molecule has 1 fully saturated rings. The fourth-order valence-corrected chi connectivity index (χ4v) is 3.15. The van der Waals surface area contributed by atoms with Crippen molar-refractivity contribution in [3.05, 3.63) is 29.8 Å². The topological polar surface area (TPSA) is 48.0 Å². The van der Waals surface area contributed by atoms with Crippen LogP contribution in [0.2, 0.25) is 0 Å². The Labute approximate surface area is 188 Å². The van der Waals surface area contributed by atoms with Crippen molar-refractivity contribution >= 4 is 5.91 Å². The van der Waals surface area contributed by atoms with Crippen LogP contribution in [0, 0.1) is 11.8 Å². The lowest BCUT2D eigenvalue weighted by Gasteiger charge is -2.39. The van der Waals surface area contributed by atoms with Crippen LogP contribution in [0.4, 0.5) is 0 Å². The fraction of sp³-hybridized carbons (Fsp3) is 0.654. The molecule has 0 bridgehead atoms. The van der Waals surface area contributed by atoms with Gasteiger partial charge in [0.1, 0.15) is 18.5 Å². The molecule has 0 spiro atoms.